The zero-order chi connectivity index (χ0) is 13.2. The van der Waals surface area contributed by atoms with Gasteiger partial charge in [-0.25, -0.2) is 4.39 Å². The molecular weight excluding hydrogens is 325 g/mol. The fraction of sp³-hybridized carbons (Fsp3) is 0.0667. The maximum atomic E-state index is 13.4. The molecule has 0 amide bonds. The van der Waals surface area contributed by atoms with Crippen LogP contribution in [-0.2, 0) is 6.54 Å². The molecule has 4 heteroatoms. The zero-order valence-electron chi connectivity index (χ0n) is 9.99. The standard InChI is InChI=1S/C15H11BrFNS/c16-13-3-1-10(7-14(13)17)9-18-12-2-4-15-11(8-12)5-6-19-15/h1-8,18H,9H2. The van der Waals surface area contributed by atoms with Crippen LogP contribution in [0, 0.1) is 5.82 Å². The molecule has 2 aromatic carbocycles. The molecule has 0 radical (unpaired) electrons. The van der Waals surface area contributed by atoms with E-state index >= 15 is 0 Å². The molecule has 1 heterocycles. The normalized spacial score (nSPS) is 10.8. The summed E-state index contributed by atoms with van der Waals surface area (Å²) in [5, 5.41) is 6.63. The fourth-order valence-corrected chi connectivity index (χ4v) is 2.95. The molecule has 0 aliphatic carbocycles. The van der Waals surface area contributed by atoms with E-state index in [1.165, 1.54) is 10.1 Å². The summed E-state index contributed by atoms with van der Waals surface area (Å²) in [4.78, 5) is 0. The Balaban J connectivity index is 1.75. The van der Waals surface area contributed by atoms with Crippen molar-refractivity contribution in [1.29, 1.82) is 0 Å². The number of thiophene rings is 1. The molecule has 0 saturated heterocycles. The minimum atomic E-state index is -0.229. The van der Waals surface area contributed by atoms with E-state index < -0.39 is 0 Å². The van der Waals surface area contributed by atoms with E-state index in [2.05, 4.69) is 44.8 Å². The summed E-state index contributed by atoms with van der Waals surface area (Å²) >= 11 is 4.89. The average molecular weight is 336 g/mol. The molecule has 0 unspecified atom stereocenters. The predicted octanol–water partition coefficient (Wildman–Crippen LogP) is 5.42. The molecular formula is C15H11BrFNS. The number of fused-ring (bicyclic) bond motifs is 1. The molecule has 1 aromatic heterocycles. The Morgan fingerprint density at radius 3 is 2.84 bits per heavy atom. The number of rotatable bonds is 3. The van der Waals surface area contributed by atoms with Crippen molar-refractivity contribution in [1.82, 2.24) is 0 Å². The first-order chi connectivity index (χ1) is 9.22. The van der Waals surface area contributed by atoms with E-state index in [1.807, 2.05) is 12.1 Å². The number of halogens is 2. The molecule has 0 bridgehead atoms. The lowest BCUT2D eigenvalue weighted by atomic mass is 10.2. The minimum Gasteiger partial charge on any atom is -0.381 e. The maximum absolute atomic E-state index is 13.4. The van der Waals surface area contributed by atoms with Crippen LogP contribution in [0.15, 0.2) is 52.3 Å². The van der Waals surface area contributed by atoms with Crippen LogP contribution in [0.2, 0.25) is 0 Å². The summed E-state index contributed by atoms with van der Waals surface area (Å²) in [6.45, 7) is 0.611. The predicted molar refractivity (Wildman–Crippen MR) is 83.3 cm³/mol. The average Bonchev–Trinajstić information content (AvgIpc) is 2.87. The van der Waals surface area contributed by atoms with Gasteiger partial charge in [-0.2, -0.15) is 0 Å². The molecule has 0 atom stereocenters. The highest BCUT2D eigenvalue weighted by Crippen LogP contribution is 2.24. The molecule has 1 N–H and O–H groups in total. The minimum absolute atomic E-state index is 0.229. The third-order valence-corrected chi connectivity index (χ3v) is 4.47. The number of nitrogens with one attached hydrogen (secondary N) is 1. The number of hydrogen-bond acceptors (Lipinski definition) is 2. The van der Waals surface area contributed by atoms with Crippen molar-refractivity contribution in [3.05, 3.63) is 63.7 Å². The molecule has 3 rings (SSSR count). The lowest BCUT2D eigenvalue weighted by Crippen LogP contribution is -1.99. The van der Waals surface area contributed by atoms with Crippen LogP contribution in [0.3, 0.4) is 0 Å². The van der Waals surface area contributed by atoms with Gasteiger partial charge in [0.25, 0.3) is 0 Å². The van der Waals surface area contributed by atoms with Gasteiger partial charge >= 0.3 is 0 Å². The van der Waals surface area contributed by atoms with Gasteiger partial charge in [-0.15, -0.1) is 11.3 Å². The largest absolute Gasteiger partial charge is 0.381 e. The highest BCUT2D eigenvalue weighted by Gasteiger charge is 2.01. The Kier molecular flexibility index (Phi) is 3.53. The number of hydrogen-bond donors (Lipinski definition) is 1. The monoisotopic (exact) mass is 335 g/mol. The van der Waals surface area contributed by atoms with Crippen LogP contribution in [0.25, 0.3) is 10.1 Å². The van der Waals surface area contributed by atoms with Crippen LogP contribution < -0.4 is 5.32 Å². The second-order valence-corrected chi connectivity index (χ2v) is 6.08. The Hall–Kier alpha value is -1.39. The summed E-state index contributed by atoms with van der Waals surface area (Å²) in [5.74, 6) is -0.229. The molecule has 19 heavy (non-hydrogen) atoms. The summed E-state index contributed by atoms with van der Waals surface area (Å²) in [6.07, 6.45) is 0. The van der Waals surface area contributed by atoms with Crippen LogP contribution in [-0.4, -0.2) is 0 Å². The van der Waals surface area contributed by atoms with Crippen LogP contribution in [0.5, 0.6) is 0 Å². The molecule has 1 nitrogen and oxygen atoms in total. The van der Waals surface area contributed by atoms with Crippen molar-refractivity contribution < 1.29 is 4.39 Å². The summed E-state index contributed by atoms with van der Waals surface area (Å²) in [6, 6.07) is 13.5. The van der Waals surface area contributed by atoms with E-state index in [1.54, 1.807) is 23.5 Å². The Bertz CT molecular complexity index is 723. The molecule has 96 valence electrons. The smallest absolute Gasteiger partial charge is 0.137 e. The third-order valence-electron chi connectivity index (χ3n) is 2.93. The van der Waals surface area contributed by atoms with Crippen LogP contribution in [0.1, 0.15) is 5.56 Å². The van der Waals surface area contributed by atoms with Gasteiger partial charge in [0.1, 0.15) is 5.82 Å². The second kappa shape index (κ2) is 5.31. The van der Waals surface area contributed by atoms with Crippen LogP contribution >= 0.6 is 27.3 Å². The maximum Gasteiger partial charge on any atom is 0.137 e. The lowest BCUT2D eigenvalue weighted by molar-refractivity contribution is 0.619. The van der Waals surface area contributed by atoms with Gasteiger partial charge in [-0.05, 0) is 68.7 Å². The highest BCUT2D eigenvalue weighted by molar-refractivity contribution is 9.10. The summed E-state index contributed by atoms with van der Waals surface area (Å²) in [7, 11) is 0. The quantitative estimate of drug-likeness (QED) is 0.674. The van der Waals surface area contributed by atoms with Crippen molar-refractivity contribution >= 4 is 43.0 Å². The number of anilines is 1. The van der Waals surface area contributed by atoms with E-state index in [-0.39, 0.29) is 5.82 Å². The van der Waals surface area contributed by atoms with Crippen molar-refractivity contribution in [2.24, 2.45) is 0 Å². The Morgan fingerprint density at radius 1 is 1.11 bits per heavy atom. The van der Waals surface area contributed by atoms with E-state index in [0.29, 0.717) is 11.0 Å². The van der Waals surface area contributed by atoms with Gasteiger partial charge < -0.3 is 5.32 Å². The molecule has 0 spiro atoms. The van der Waals surface area contributed by atoms with E-state index in [0.717, 1.165) is 11.3 Å². The fourth-order valence-electron chi connectivity index (χ4n) is 1.93. The summed E-state index contributed by atoms with van der Waals surface area (Å²) < 4.78 is 15.2. The lowest BCUT2D eigenvalue weighted by Gasteiger charge is -2.07. The molecule has 0 saturated carbocycles. The SMILES string of the molecule is Fc1cc(CNc2ccc3sccc3c2)ccc1Br. The van der Waals surface area contributed by atoms with Crippen LogP contribution in [0.4, 0.5) is 10.1 Å². The van der Waals surface area contributed by atoms with Crippen molar-refractivity contribution in [3.8, 4) is 0 Å². The topological polar surface area (TPSA) is 12.0 Å². The van der Waals surface area contributed by atoms with Gasteiger partial charge in [0, 0.05) is 16.9 Å². The van der Waals surface area contributed by atoms with Gasteiger partial charge in [-0.1, -0.05) is 6.07 Å². The van der Waals surface area contributed by atoms with Crippen molar-refractivity contribution in [2.75, 3.05) is 5.32 Å². The van der Waals surface area contributed by atoms with Gasteiger partial charge in [0.2, 0.25) is 0 Å². The first-order valence-electron chi connectivity index (χ1n) is 5.87. The second-order valence-electron chi connectivity index (χ2n) is 4.28. The first kappa shape index (κ1) is 12.6. The van der Waals surface area contributed by atoms with Crippen molar-refractivity contribution in [2.45, 2.75) is 6.54 Å². The molecule has 3 aromatic rings. The van der Waals surface area contributed by atoms with E-state index in [4.69, 9.17) is 0 Å². The number of benzene rings is 2. The Morgan fingerprint density at radius 2 is 2.00 bits per heavy atom. The molecule has 0 aliphatic rings. The zero-order valence-corrected chi connectivity index (χ0v) is 12.4. The van der Waals surface area contributed by atoms with E-state index in [9.17, 15) is 4.39 Å². The molecule has 0 fully saturated rings. The Labute approximate surface area is 123 Å². The van der Waals surface area contributed by atoms with Gasteiger partial charge in [0.05, 0.1) is 4.47 Å². The van der Waals surface area contributed by atoms with Gasteiger partial charge in [0.15, 0.2) is 0 Å². The summed E-state index contributed by atoms with van der Waals surface area (Å²) in [5.41, 5.74) is 1.97. The molecule has 0 aliphatic heterocycles. The van der Waals surface area contributed by atoms with Crippen molar-refractivity contribution in [3.63, 3.8) is 0 Å². The highest BCUT2D eigenvalue weighted by atomic mass is 79.9. The van der Waals surface area contributed by atoms with Gasteiger partial charge in [-0.3, -0.25) is 0 Å². The third kappa shape index (κ3) is 2.80. The first-order valence-corrected chi connectivity index (χ1v) is 7.55.